The largest absolute Gasteiger partial charge is 0.497 e. The average molecular weight is 651 g/mol. The van der Waals surface area contributed by atoms with Crippen LogP contribution in [0.25, 0.3) is 0 Å². The van der Waals surface area contributed by atoms with Crippen LogP contribution < -0.4 is 14.8 Å². The molecule has 0 aromatic heterocycles. The smallest absolute Gasteiger partial charge is 0.356 e. The van der Waals surface area contributed by atoms with Crippen LogP contribution in [0.2, 0.25) is 0 Å². The fourth-order valence-electron chi connectivity index (χ4n) is 5.98. The van der Waals surface area contributed by atoms with E-state index in [2.05, 4.69) is 5.32 Å². The van der Waals surface area contributed by atoms with Gasteiger partial charge < -0.3 is 19.5 Å². The highest BCUT2D eigenvalue weighted by atomic mass is 32.2. The summed E-state index contributed by atoms with van der Waals surface area (Å²) >= 11 is 0. The Bertz CT molecular complexity index is 1790. The normalized spacial score (nSPS) is 18.7. The fraction of sp³-hybridized carbons (Fsp3) is 0.216. The van der Waals surface area contributed by atoms with E-state index in [0.717, 1.165) is 16.7 Å². The van der Waals surface area contributed by atoms with Gasteiger partial charge in [0.15, 0.2) is 6.10 Å². The Labute approximate surface area is 275 Å². The van der Waals surface area contributed by atoms with Gasteiger partial charge in [0, 0.05) is 17.7 Å². The molecule has 2 amide bonds. The van der Waals surface area contributed by atoms with E-state index < -0.39 is 40.2 Å². The van der Waals surface area contributed by atoms with Crippen molar-refractivity contribution in [3.8, 4) is 11.5 Å². The van der Waals surface area contributed by atoms with Crippen molar-refractivity contribution in [3.05, 3.63) is 143 Å². The molecule has 10 heteroatoms. The van der Waals surface area contributed by atoms with Gasteiger partial charge in [-0.25, -0.2) is 4.79 Å². The van der Waals surface area contributed by atoms with E-state index in [1.54, 1.807) is 25.3 Å². The van der Waals surface area contributed by atoms with Gasteiger partial charge in [-0.3, -0.25) is 18.7 Å². The van der Waals surface area contributed by atoms with E-state index in [1.807, 2.05) is 91.0 Å². The van der Waals surface area contributed by atoms with Crippen molar-refractivity contribution in [1.82, 2.24) is 10.2 Å². The third kappa shape index (κ3) is 6.69. The predicted octanol–water partition coefficient (Wildman–Crippen LogP) is 4.49. The lowest BCUT2D eigenvalue weighted by atomic mass is 9.97. The third-order valence-electron chi connectivity index (χ3n) is 8.24. The molecule has 1 fully saturated rings. The molecule has 0 radical (unpaired) electrons. The highest BCUT2D eigenvalue weighted by Gasteiger charge is 2.57. The zero-order valence-corrected chi connectivity index (χ0v) is 26.8. The minimum atomic E-state index is -1.63. The summed E-state index contributed by atoms with van der Waals surface area (Å²) < 4.78 is 31.0. The Hall–Kier alpha value is -5.22. The second kappa shape index (κ2) is 14.0. The summed E-state index contributed by atoms with van der Waals surface area (Å²) in [6.45, 7) is 0. The van der Waals surface area contributed by atoms with E-state index in [4.69, 9.17) is 14.2 Å². The first-order chi connectivity index (χ1) is 22.9. The van der Waals surface area contributed by atoms with Gasteiger partial charge in [0.25, 0.3) is 5.91 Å². The maximum absolute atomic E-state index is 14.3. The Kier molecular flexibility index (Phi) is 9.49. The number of carbonyl (C=O) groups is 3. The van der Waals surface area contributed by atoms with Crippen molar-refractivity contribution >= 4 is 28.6 Å². The topological polar surface area (TPSA) is 111 Å². The summed E-state index contributed by atoms with van der Waals surface area (Å²) in [5.74, 6) is -0.516. The average Bonchev–Trinajstić information content (AvgIpc) is 3.10. The summed E-state index contributed by atoms with van der Waals surface area (Å²) in [6.07, 6.45) is -0.557. The molecule has 2 unspecified atom stereocenters. The molecule has 3 atom stereocenters. The number of rotatable bonds is 11. The maximum atomic E-state index is 14.3. The molecule has 2 aliphatic heterocycles. The Morgan fingerprint density at radius 2 is 1.49 bits per heavy atom. The SMILES string of the molecule is COc1ccc(OC)c(CC2=C(C(=O)OC(c3ccccc3)c3ccccc3)N3C(=O)C(NC(=O)Cc4ccccc4)[C@@H]3S(=O)C2)c1. The minimum Gasteiger partial charge on any atom is -0.497 e. The molecule has 4 aromatic carbocycles. The summed E-state index contributed by atoms with van der Waals surface area (Å²) in [4.78, 5) is 42.3. The third-order valence-corrected chi connectivity index (χ3v) is 9.90. The number of nitrogens with one attached hydrogen (secondary N) is 1. The first kappa shape index (κ1) is 31.7. The van der Waals surface area contributed by atoms with Crippen molar-refractivity contribution < 1.29 is 32.8 Å². The summed E-state index contributed by atoms with van der Waals surface area (Å²) in [5, 5.41) is 1.84. The molecular formula is C37H34N2O7S. The number of fused-ring (bicyclic) bond motifs is 1. The fourth-order valence-corrected chi connectivity index (χ4v) is 7.67. The van der Waals surface area contributed by atoms with E-state index in [-0.39, 0.29) is 30.2 Å². The predicted molar refractivity (Wildman–Crippen MR) is 177 cm³/mol. The number of amides is 2. The summed E-state index contributed by atoms with van der Waals surface area (Å²) in [7, 11) is 1.45. The second-order valence-electron chi connectivity index (χ2n) is 11.2. The molecule has 1 N–H and O–H groups in total. The zero-order chi connectivity index (χ0) is 32.9. The van der Waals surface area contributed by atoms with E-state index in [0.29, 0.717) is 22.6 Å². The highest BCUT2D eigenvalue weighted by Crippen LogP contribution is 2.39. The first-order valence-corrected chi connectivity index (χ1v) is 16.5. The molecule has 0 bridgehead atoms. The van der Waals surface area contributed by atoms with Crippen molar-refractivity contribution in [3.63, 3.8) is 0 Å². The Morgan fingerprint density at radius 3 is 2.09 bits per heavy atom. The molecule has 1 saturated heterocycles. The van der Waals surface area contributed by atoms with Crippen LogP contribution >= 0.6 is 0 Å². The second-order valence-corrected chi connectivity index (χ2v) is 12.8. The molecule has 2 aliphatic rings. The molecule has 240 valence electrons. The van der Waals surface area contributed by atoms with Gasteiger partial charge in [0.1, 0.15) is 28.6 Å². The Balaban J connectivity index is 1.36. The van der Waals surface area contributed by atoms with Crippen molar-refractivity contribution in [2.45, 2.75) is 30.4 Å². The number of β-lactam (4-membered cyclic amide) rings is 1. The van der Waals surface area contributed by atoms with Crippen LogP contribution in [0.1, 0.15) is 28.4 Å². The molecule has 9 nitrogen and oxygen atoms in total. The van der Waals surface area contributed by atoms with Crippen LogP contribution in [-0.2, 0) is 42.8 Å². The molecular weight excluding hydrogens is 616 g/mol. The lowest BCUT2D eigenvalue weighted by Crippen LogP contribution is -2.73. The van der Waals surface area contributed by atoms with Crippen LogP contribution in [0, 0.1) is 0 Å². The van der Waals surface area contributed by atoms with Crippen LogP contribution in [0.3, 0.4) is 0 Å². The van der Waals surface area contributed by atoms with Crippen LogP contribution in [0.4, 0.5) is 0 Å². The highest BCUT2D eigenvalue weighted by molar-refractivity contribution is 7.86. The molecule has 4 aromatic rings. The number of hydrogen-bond donors (Lipinski definition) is 1. The summed E-state index contributed by atoms with van der Waals surface area (Å²) in [5.41, 5.74) is 3.45. The lowest BCUT2D eigenvalue weighted by molar-refractivity contribution is -0.154. The number of hydrogen-bond acceptors (Lipinski definition) is 7. The number of carbonyl (C=O) groups excluding carboxylic acids is 3. The van der Waals surface area contributed by atoms with Crippen LogP contribution in [-0.4, -0.2) is 58.3 Å². The number of ether oxygens (including phenoxy) is 3. The standard InChI is InChI=1S/C37H34N2O7S/c1-44-29-18-19-30(45-2)27(22-29)21-28-23-47(43)36-32(38-31(40)20-24-12-6-3-7-13-24)35(41)39(36)33(28)37(42)46-34(25-14-8-4-9-15-25)26-16-10-5-11-17-26/h3-19,22,32,34,36H,20-21,23H2,1-2H3,(H,38,40)/t32?,36-,47?/m0/s1. The van der Waals surface area contributed by atoms with Crippen LogP contribution in [0.5, 0.6) is 11.5 Å². The first-order valence-electron chi connectivity index (χ1n) is 15.1. The number of methoxy groups -OCH3 is 2. The number of esters is 1. The molecule has 0 spiro atoms. The summed E-state index contributed by atoms with van der Waals surface area (Å²) in [6, 6.07) is 32.1. The van der Waals surface area contributed by atoms with Crippen molar-refractivity contribution in [2.75, 3.05) is 20.0 Å². The lowest BCUT2D eigenvalue weighted by Gasteiger charge is -2.49. The molecule has 0 saturated carbocycles. The van der Waals surface area contributed by atoms with Gasteiger partial charge in [0.05, 0.1) is 31.4 Å². The van der Waals surface area contributed by atoms with Gasteiger partial charge in [-0.05, 0) is 40.5 Å². The maximum Gasteiger partial charge on any atom is 0.356 e. The molecule has 0 aliphatic carbocycles. The van der Waals surface area contributed by atoms with E-state index in [1.165, 1.54) is 12.0 Å². The van der Waals surface area contributed by atoms with Crippen LogP contribution in [0.15, 0.2) is 120 Å². The monoisotopic (exact) mass is 650 g/mol. The van der Waals surface area contributed by atoms with Gasteiger partial charge >= 0.3 is 5.97 Å². The molecule has 6 rings (SSSR count). The number of benzene rings is 4. The van der Waals surface area contributed by atoms with Crippen molar-refractivity contribution in [2.24, 2.45) is 0 Å². The van der Waals surface area contributed by atoms with Gasteiger partial charge in [-0.2, -0.15) is 0 Å². The minimum absolute atomic E-state index is 0.00829. The van der Waals surface area contributed by atoms with Gasteiger partial charge in [-0.1, -0.05) is 91.0 Å². The van der Waals surface area contributed by atoms with Crippen molar-refractivity contribution in [1.29, 1.82) is 0 Å². The van der Waals surface area contributed by atoms with Gasteiger partial charge in [-0.15, -0.1) is 0 Å². The van der Waals surface area contributed by atoms with E-state index >= 15 is 0 Å². The van der Waals surface area contributed by atoms with Gasteiger partial charge in [0.2, 0.25) is 5.91 Å². The quantitative estimate of drug-likeness (QED) is 0.188. The zero-order valence-electron chi connectivity index (χ0n) is 26.0. The van der Waals surface area contributed by atoms with E-state index in [9.17, 15) is 18.6 Å². The number of nitrogens with zero attached hydrogens (tertiary/aromatic N) is 1. The molecule has 47 heavy (non-hydrogen) atoms. The molecule has 2 heterocycles. The Morgan fingerprint density at radius 1 is 0.872 bits per heavy atom.